The molecule has 0 N–H and O–H groups in total. The minimum atomic E-state index is -0.494. The molecule has 1 heterocycles. The first-order valence-electron chi connectivity index (χ1n) is 11.1. The van der Waals surface area contributed by atoms with Gasteiger partial charge in [-0.05, 0) is 52.3 Å². The van der Waals surface area contributed by atoms with Crippen LogP contribution in [0.5, 0.6) is 0 Å². The number of hydrogen-bond donors (Lipinski definition) is 0. The zero-order valence-corrected chi connectivity index (χ0v) is 20.9. The Kier molecular flexibility index (Phi) is 12.3. The number of amides is 2. The van der Waals surface area contributed by atoms with Crippen molar-refractivity contribution >= 4 is 23.6 Å². The van der Waals surface area contributed by atoms with Crippen LogP contribution in [-0.4, -0.2) is 103 Å². The summed E-state index contributed by atoms with van der Waals surface area (Å²) >= 11 is 1.57. The topological polar surface area (TPSA) is 62.3 Å². The lowest BCUT2D eigenvalue weighted by Crippen LogP contribution is -2.50. The number of ether oxygens (including phenoxy) is 2. The highest BCUT2D eigenvalue weighted by molar-refractivity contribution is 8.00. The molecule has 176 valence electrons. The molecule has 8 heteroatoms. The standard InChI is InChI=1S/C22H43N3O4S/c1-8-10-19(26)24(6)21(30-16-9-11-25-12-14-29-15-13-25)20(27)23(5)18(2)17-22(3,4)28-7/h18,21H,8-17H2,1-7H3/t18-,21-/m1/s1. The van der Waals surface area contributed by atoms with Crippen LogP contribution in [0, 0.1) is 0 Å². The van der Waals surface area contributed by atoms with Gasteiger partial charge in [-0.1, -0.05) is 6.92 Å². The van der Waals surface area contributed by atoms with Gasteiger partial charge in [-0.15, -0.1) is 11.8 Å². The third-order valence-electron chi connectivity index (χ3n) is 5.77. The van der Waals surface area contributed by atoms with E-state index in [1.807, 2.05) is 34.7 Å². The minimum Gasteiger partial charge on any atom is -0.379 e. The Morgan fingerprint density at radius 3 is 2.40 bits per heavy atom. The molecule has 2 amide bonds. The summed E-state index contributed by atoms with van der Waals surface area (Å²) in [6.07, 6.45) is 2.96. The molecule has 0 unspecified atom stereocenters. The molecule has 0 aromatic rings. The number of nitrogens with zero attached hydrogens (tertiary/aromatic N) is 3. The van der Waals surface area contributed by atoms with Crippen LogP contribution in [0.25, 0.3) is 0 Å². The summed E-state index contributed by atoms with van der Waals surface area (Å²) in [5, 5.41) is -0.494. The molecule has 1 rings (SSSR count). The highest BCUT2D eigenvalue weighted by atomic mass is 32.2. The Labute approximate surface area is 187 Å². The summed E-state index contributed by atoms with van der Waals surface area (Å²) in [6, 6.07) is 0.0126. The van der Waals surface area contributed by atoms with Crippen LogP contribution in [0.1, 0.15) is 53.4 Å². The van der Waals surface area contributed by atoms with Crippen molar-refractivity contribution in [2.75, 3.05) is 59.8 Å². The minimum absolute atomic E-state index is 0.0126. The maximum Gasteiger partial charge on any atom is 0.255 e. The number of carbonyl (C=O) groups excluding carboxylic acids is 2. The van der Waals surface area contributed by atoms with Gasteiger partial charge in [0.1, 0.15) is 0 Å². The van der Waals surface area contributed by atoms with Crippen molar-refractivity contribution in [1.82, 2.24) is 14.7 Å². The predicted octanol–water partition coefficient (Wildman–Crippen LogP) is 2.69. The molecule has 0 aromatic heterocycles. The molecule has 0 spiro atoms. The number of hydrogen-bond acceptors (Lipinski definition) is 6. The molecule has 1 aliphatic heterocycles. The average Bonchev–Trinajstić information content (AvgIpc) is 2.73. The van der Waals surface area contributed by atoms with E-state index in [4.69, 9.17) is 9.47 Å². The largest absolute Gasteiger partial charge is 0.379 e. The van der Waals surface area contributed by atoms with Gasteiger partial charge in [0, 0.05) is 46.8 Å². The van der Waals surface area contributed by atoms with Gasteiger partial charge < -0.3 is 19.3 Å². The van der Waals surface area contributed by atoms with E-state index in [2.05, 4.69) is 4.90 Å². The van der Waals surface area contributed by atoms with E-state index in [0.717, 1.165) is 57.9 Å². The Hall–Kier alpha value is -0.830. The van der Waals surface area contributed by atoms with Gasteiger partial charge in [-0.25, -0.2) is 0 Å². The van der Waals surface area contributed by atoms with Crippen molar-refractivity contribution in [3.8, 4) is 0 Å². The lowest BCUT2D eigenvalue weighted by Gasteiger charge is -2.36. The zero-order chi connectivity index (χ0) is 22.7. The monoisotopic (exact) mass is 445 g/mol. The van der Waals surface area contributed by atoms with Crippen molar-refractivity contribution in [3.63, 3.8) is 0 Å². The molecule has 0 aliphatic carbocycles. The van der Waals surface area contributed by atoms with Crippen molar-refractivity contribution in [2.24, 2.45) is 0 Å². The molecular formula is C22H43N3O4S. The average molecular weight is 446 g/mol. The number of morpholine rings is 1. The van der Waals surface area contributed by atoms with Crippen LogP contribution in [0.3, 0.4) is 0 Å². The van der Waals surface area contributed by atoms with Gasteiger partial charge in [-0.2, -0.15) is 0 Å². The van der Waals surface area contributed by atoms with Crippen LogP contribution in [0.4, 0.5) is 0 Å². The molecule has 1 aliphatic rings. The van der Waals surface area contributed by atoms with Crippen LogP contribution >= 0.6 is 11.8 Å². The van der Waals surface area contributed by atoms with E-state index in [0.29, 0.717) is 6.42 Å². The Balaban J connectivity index is 2.72. The van der Waals surface area contributed by atoms with Crippen LogP contribution in [0.2, 0.25) is 0 Å². The van der Waals surface area contributed by atoms with E-state index in [9.17, 15) is 9.59 Å². The van der Waals surface area contributed by atoms with Gasteiger partial charge in [0.25, 0.3) is 5.91 Å². The lowest BCUT2D eigenvalue weighted by atomic mass is 9.99. The second kappa shape index (κ2) is 13.6. The van der Waals surface area contributed by atoms with E-state index < -0.39 is 5.37 Å². The second-order valence-corrected chi connectivity index (χ2v) is 9.94. The summed E-state index contributed by atoms with van der Waals surface area (Å²) in [6.45, 7) is 12.6. The van der Waals surface area contributed by atoms with E-state index in [-0.39, 0.29) is 23.5 Å². The smallest absolute Gasteiger partial charge is 0.255 e. The zero-order valence-electron chi connectivity index (χ0n) is 20.1. The Bertz CT molecular complexity index is 527. The SMILES string of the molecule is CCCC(=O)N(C)[C@H](SCCCN1CCOCC1)C(=O)N(C)[C@H](C)CC(C)(C)OC. The second-order valence-electron chi connectivity index (χ2n) is 8.75. The number of carbonyl (C=O) groups is 2. The highest BCUT2D eigenvalue weighted by Crippen LogP contribution is 2.23. The van der Waals surface area contributed by atoms with E-state index >= 15 is 0 Å². The number of methoxy groups -OCH3 is 1. The number of thioether (sulfide) groups is 1. The first kappa shape index (κ1) is 27.2. The third kappa shape index (κ3) is 9.12. The van der Waals surface area contributed by atoms with Crippen molar-refractivity contribution in [3.05, 3.63) is 0 Å². The van der Waals surface area contributed by atoms with Gasteiger partial charge >= 0.3 is 0 Å². The molecule has 2 atom stereocenters. The summed E-state index contributed by atoms with van der Waals surface area (Å²) in [7, 11) is 5.28. The first-order valence-corrected chi connectivity index (χ1v) is 12.2. The first-order chi connectivity index (χ1) is 14.1. The quantitative estimate of drug-likeness (QED) is 0.321. The molecule has 0 radical (unpaired) electrons. The van der Waals surface area contributed by atoms with Gasteiger partial charge in [0.2, 0.25) is 5.91 Å². The van der Waals surface area contributed by atoms with E-state index in [1.54, 1.807) is 35.7 Å². The van der Waals surface area contributed by atoms with Crippen molar-refractivity contribution in [1.29, 1.82) is 0 Å². The van der Waals surface area contributed by atoms with Crippen LogP contribution in [-0.2, 0) is 19.1 Å². The van der Waals surface area contributed by atoms with E-state index in [1.165, 1.54) is 0 Å². The third-order valence-corrected chi connectivity index (χ3v) is 7.12. The molecule has 30 heavy (non-hydrogen) atoms. The molecule has 0 saturated carbocycles. The van der Waals surface area contributed by atoms with Gasteiger partial charge in [0.15, 0.2) is 5.37 Å². The Morgan fingerprint density at radius 1 is 1.20 bits per heavy atom. The summed E-state index contributed by atoms with van der Waals surface area (Å²) in [5.74, 6) is 0.844. The summed E-state index contributed by atoms with van der Waals surface area (Å²) in [4.78, 5) is 31.7. The van der Waals surface area contributed by atoms with Gasteiger partial charge in [-0.3, -0.25) is 14.5 Å². The number of likely N-dealkylation sites (N-methyl/N-ethyl adjacent to an activating group) is 2. The fourth-order valence-corrected chi connectivity index (χ4v) is 4.67. The molecule has 1 saturated heterocycles. The normalized spacial score (nSPS) is 17.4. The fraction of sp³-hybridized carbons (Fsp3) is 0.909. The number of rotatable bonds is 13. The maximum absolute atomic E-state index is 13.3. The molecule has 7 nitrogen and oxygen atoms in total. The van der Waals surface area contributed by atoms with Crippen molar-refractivity contribution in [2.45, 2.75) is 70.4 Å². The summed E-state index contributed by atoms with van der Waals surface area (Å²) in [5.41, 5.74) is -0.307. The van der Waals surface area contributed by atoms with Crippen LogP contribution in [0.15, 0.2) is 0 Å². The maximum atomic E-state index is 13.3. The highest BCUT2D eigenvalue weighted by Gasteiger charge is 2.33. The van der Waals surface area contributed by atoms with Crippen molar-refractivity contribution < 1.29 is 19.1 Å². The molecule has 1 fully saturated rings. The summed E-state index contributed by atoms with van der Waals surface area (Å²) < 4.78 is 10.9. The Morgan fingerprint density at radius 2 is 1.83 bits per heavy atom. The van der Waals surface area contributed by atoms with Gasteiger partial charge in [0.05, 0.1) is 18.8 Å². The molecular weight excluding hydrogens is 402 g/mol. The lowest BCUT2D eigenvalue weighted by molar-refractivity contribution is -0.142. The van der Waals surface area contributed by atoms with Crippen LogP contribution < -0.4 is 0 Å². The fourth-order valence-electron chi connectivity index (χ4n) is 3.50. The molecule has 0 bridgehead atoms. The molecule has 0 aromatic carbocycles. The predicted molar refractivity (Wildman–Crippen MR) is 124 cm³/mol.